The fraction of sp³-hybridized carbons (Fsp3) is 0.462. The summed E-state index contributed by atoms with van der Waals surface area (Å²) < 4.78 is 7.15. The fourth-order valence-electron chi connectivity index (χ4n) is 5.11. The molecule has 0 saturated carbocycles. The van der Waals surface area contributed by atoms with Crippen LogP contribution in [0.25, 0.3) is 22.3 Å². The first-order chi connectivity index (χ1) is 14.1. The van der Waals surface area contributed by atoms with Crippen LogP contribution in [0, 0.1) is 20.8 Å². The molecule has 0 aliphatic rings. The van der Waals surface area contributed by atoms with Crippen LogP contribution in [0.15, 0.2) is 36.4 Å². The third-order valence-electron chi connectivity index (χ3n) is 6.39. The molecule has 3 nitrogen and oxygen atoms in total. The van der Waals surface area contributed by atoms with E-state index in [9.17, 15) is 0 Å². The SMILES string of the molecule is Cc1cc(C)c(-c2ccc3ccc(C)nc3n2)c(O[Si](C(C)C)(C(C)C)C(C)C)c1. The minimum absolute atomic E-state index is 0.514. The number of pyridine rings is 2. The molecular formula is C26H36N2OSi. The number of hydrogen-bond acceptors (Lipinski definition) is 3. The minimum atomic E-state index is -2.08. The molecule has 30 heavy (non-hydrogen) atoms. The maximum atomic E-state index is 7.15. The number of hydrogen-bond donors (Lipinski definition) is 0. The highest BCUT2D eigenvalue weighted by Crippen LogP contribution is 2.45. The Balaban J connectivity index is 2.22. The van der Waals surface area contributed by atoms with Crippen LogP contribution in [0.1, 0.15) is 58.4 Å². The summed E-state index contributed by atoms with van der Waals surface area (Å²) in [6.45, 7) is 20.3. The summed E-state index contributed by atoms with van der Waals surface area (Å²) in [6, 6.07) is 12.8. The molecule has 2 aromatic heterocycles. The highest BCUT2D eigenvalue weighted by atomic mass is 28.4. The van der Waals surface area contributed by atoms with Gasteiger partial charge < -0.3 is 4.43 Å². The molecular weight excluding hydrogens is 384 g/mol. The lowest BCUT2D eigenvalue weighted by Crippen LogP contribution is -2.50. The molecule has 3 rings (SSSR count). The van der Waals surface area contributed by atoms with E-state index in [0.717, 1.165) is 33.7 Å². The van der Waals surface area contributed by atoms with Crippen molar-refractivity contribution in [2.45, 2.75) is 78.9 Å². The first-order valence-electron chi connectivity index (χ1n) is 11.1. The Labute approximate surface area is 183 Å². The van der Waals surface area contributed by atoms with Gasteiger partial charge in [-0.15, -0.1) is 0 Å². The fourth-order valence-corrected chi connectivity index (χ4v) is 10.4. The van der Waals surface area contributed by atoms with Crippen LogP contribution < -0.4 is 4.43 Å². The average Bonchev–Trinajstić information content (AvgIpc) is 2.64. The van der Waals surface area contributed by atoms with Crippen LogP contribution in [0.3, 0.4) is 0 Å². The van der Waals surface area contributed by atoms with E-state index in [2.05, 4.69) is 90.7 Å². The number of aromatic nitrogens is 2. The summed E-state index contributed by atoms with van der Waals surface area (Å²) in [7, 11) is -2.08. The quantitative estimate of drug-likeness (QED) is 0.382. The standard InChI is InChI=1S/C26H36N2OSi/c1-16(2)30(17(3)4,18(5)6)29-24-15-19(7)14-20(8)25(24)23-13-12-22-11-10-21(9)27-26(22)28-23/h10-18H,1-9H3. The molecule has 0 N–H and O–H groups in total. The third-order valence-corrected chi connectivity index (χ3v) is 12.4. The molecule has 0 fully saturated rings. The lowest BCUT2D eigenvalue weighted by atomic mass is 10.0. The van der Waals surface area contributed by atoms with Crippen LogP contribution >= 0.6 is 0 Å². The molecule has 2 heterocycles. The Bertz CT molecular complexity index is 1030. The van der Waals surface area contributed by atoms with Gasteiger partial charge in [-0.3, -0.25) is 0 Å². The van der Waals surface area contributed by atoms with E-state index < -0.39 is 8.32 Å². The summed E-state index contributed by atoms with van der Waals surface area (Å²) in [5, 5.41) is 1.06. The van der Waals surface area contributed by atoms with E-state index in [0.29, 0.717) is 16.6 Å². The van der Waals surface area contributed by atoms with Crippen molar-refractivity contribution in [3.8, 4) is 17.0 Å². The van der Waals surface area contributed by atoms with Crippen molar-refractivity contribution >= 4 is 19.4 Å². The van der Waals surface area contributed by atoms with Gasteiger partial charge in [0.1, 0.15) is 5.75 Å². The lowest BCUT2D eigenvalue weighted by molar-refractivity contribution is 0.480. The van der Waals surface area contributed by atoms with Crippen molar-refractivity contribution in [3.05, 3.63) is 53.2 Å². The molecule has 0 saturated heterocycles. The third kappa shape index (κ3) is 4.02. The van der Waals surface area contributed by atoms with E-state index in [4.69, 9.17) is 9.41 Å². The van der Waals surface area contributed by atoms with Gasteiger partial charge in [0, 0.05) is 16.6 Å². The summed E-state index contributed by atoms with van der Waals surface area (Å²) in [5.74, 6) is 0.981. The Morgan fingerprint density at radius 3 is 1.97 bits per heavy atom. The van der Waals surface area contributed by atoms with E-state index in [1.54, 1.807) is 0 Å². The van der Waals surface area contributed by atoms with Crippen molar-refractivity contribution in [1.29, 1.82) is 0 Å². The molecule has 0 aliphatic carbocycles. The second-order valence-electron chi connectivity index (χ2n) is 9.57. The van der Waals surface area contributed by atoms with Gasteiger partial charge in [-0.25, -0.2) is 9.97 Å². The number of nitrogens with zero attached hydrogens (tertiary/aromatic N) is 2. The summed E-state index contributed by atoms with van der Waals surface area (Å²) >= 11 is 0. The van der Waals surface area contributed by atoms with Crippen LogP contribution in [-0.2, 0) is 0 Å². The Hall–Kier alpha value is -2.20. The van der Waals surface area contributed by atoms with Gasteiger partial charge in [-0.2, -0.15) is 0 Å². The second-order valence-corrected chi connectivity index (χ2v) is 14.9. The predicted molar refractivity (Wildman–Crippen MR) is 131 cm³/mol. The summed E-state index contributed by atoms with van der Waals surface area (Å²) in [6.07, 6.45) is 0. The van der Waals surface area contributed by atoms with Crippen LogP contribution in [0.4, 0.5) is 0 Å². The normalized spacial score (nSPS) is 12.4. The van der Waals surface area contributed by atoms with E-state index >= 15 is 0 Å². The number of aryl methyl sites for hydroxylation is 3. The number of benzene rings is 1. The zero-order valence-electron chi connectivity index (χ0n) is 20.0. The zero-order valence-corrected chi connectivity index (χ0v) is 21.0. The van der Waals surface area contributed by atoms with E-state index in [1.807, 2.05) is 13.0 Å². The van der Waals surface area contributed by atoms with Crippen molar-refractivity contribution in [2.75, 3.05) is 0 Å². The molecule has 0 unspecified atom stereocenters. The summed E-state index contributed by atoms with van der Waals surface area (Å²) in [5.41, 5.74) is 7.77. The van der Waals surface area contributed by atoms with Gasteiger partial charge in [0.2, 0.25) is 0 Å². The smallest absolute Gasteiger partial charge is 0.258 e. The highest BCUT2D eigenvalue weighted by molar-refractivity contribution is 6.78. The maximum Gasteiger partial charge on any atom is 0.258 e. The van der Waals surface area contributed by atoms with Crippen LogP contribution in [-0.4, -0.2) is 18.3 Å². The first-order valence-corrected chi connectivity index (χ1v) is 13.2. The van der Waals surface area contributed by atoms with E-state index in [-0.39, 0.29) is 0 Å². The molecule has 4 heteroatoms. The van der Waals surface area contributed by atoms with Crippen LogP contribution in [0.2, 0.25) is 16.6 Å². The minimum Gasteiger partial charge on any atom is -0.542 e. The molecule has 0 amide bonds. The van der Waals surface area contributed by atoms with Crippen molar-refractivity contribution in [1.82, 2.24) is 9.97 Å². The maximum absolute atomic E-state index is 7.15. The number of rotatable bonds is 6. The average molecular weight is 421 g/mol. The molecule has 0 atom stereocenters. The predicted octanol–water partition coefficient (Wildman–Crippen LogP) is 7.78. The Morgan fingerprint density at radius 2 is 1.37 bits per heavy atom. The molecule has 0 bridgehead atoms. The van der Waals surface area contributed by atoms with Gasteiger partial charge >= 0.3 is 0 Å². The zero-order chi connectivity index (χ0) is 22.2. The van der Waals surface area contributed by atoms with Crippen LogP contribution in [0.5, 0.6) is 5.75 Å². The van der Waals surface area contributed by atoms with E-state index in [1.165, 1.54) is 11.1 Å². The second kappa shape index (κ2) is 8.50. The van der Waals surface area contributed by atoms with Crippen molar-refractivity contribution in [3.63, 3.8) is 0 Å². The molecule has 160 valence electrons. The first kappa shape index (κ1) is 22.5. The molecule has 0 aliphatic heterocycles. The largest absolute Gasteiger partial charge is 0.542 e. The molecule has 0 spiro atoms. The highest BCUT2D eigenvalue weighted by Gasteiger charge is 2.47. The number of fused-ring (bicyclic) bond motifs is 1. The van der Waals surface area contributed by atoms with Gasteiger partial charge in [0.15, 0.2) is 5.65 Å². The molecule has 0 radical (unpaired) electrons. The topological polar surface area (TPSA) is 35.0 Å². The lowest BCUT2D eigenvalue weighted by Gasteiger charge is -2.42. The van der Waals surface area contributed by atoms with Gasteiger partial charge in [-0.05, 0) is 78.9 Å². The molecule has 1 aromatic carbocycles. The van der Waals surface area contributed by atoms with Gasteiger partial charge in [0.25, 0.3) is 8.32 Å². The summed E-state index contributed by atoms with van der Waals surface area (Å²) in [4.78, 5) is 9.60. The Morgan fingerprint density at radius 1 is 0.767 bits per heavy atom. The Kier molecular flexibility index (Phi) is 6.37. The van der Waals surface area contributed by atoms with Crippen molar-refractivity contribution < 1.29 is 4.43 Å². The monoisotopic (exact) mass is 420 g/mol. The molecule has 3 aromatic rings. The van der Waals surface area contributed by atoms with Gasteiger partial charge in [0.05, 0.1) is 5.69 Å². The van der Waals surface area contributed by atoms with Crippen molar-refractivity contribution in [2.24, 2.45) is 0 Å². The van der Waals surface area contributed by atoms with Gasteiger partial charge in [-0.1, -0.05) is 47.6 Å².